The van der Waals surface area contributed by atoms with E-state index >= 15 is 0 Å². The number of amides is 1. The highest BCUT2D eigenvalue weighted by atomic mass is 16.1. The van der Waals surface area contributed by atoms with E-state index in [9.17, 15) is 4.79 Å². The van der Waals surface area contributed by atoms with E-state index in [2.05, 4.69) is 76.3 Å². The summed E-state index contributed by atoms with van der Waals surface area (Å²) in [6.07, 6.45) is 5.38. The summed E-state index contributed by atoms with van der Waals surface area (Å²) in [6, 6.07) is 18.4. The number of rotatable bonds is 6. The number of aromatic nitrogens is 2. The fourth-order valence-electron chi connectivity index (χ4n) is 5.31. The van der Waals surface area contributed by atoms with Gasteiger partial charge < -0.3 is 10.6 Å². The zero-order valence-corrected chi connectivity index (χ0v) is 18.5. The zero-order valence-electron chi connectivity index (χ0n) is 18.5. The van der Waals surface area contributed by atoms with Gasteiger partial charge in [-0.25, -0.2) is 0 Å². The van der Waals surface area contributed by atoms with Crippen LogP contribution in [-0.4, -0.2) is 22.1 Å². The Morgan fingerprint density at radius 1 is 1.03 bits per heavy atom. The molecule has 3 aliphatic rings. The number of benzene rings is 2. The molecule has 3 N–H and O–H groups in total. The van der Waals surface area contributed by atoms with E-state index in [0.717, 1.165) is 31.2 Å². The van der Waals surface area contributed by atoms with Gasteiger partial charge in [-0.05, 0) is 55.2 Å². The van der Waals surface area contributed by atoms with Crippen LogP contribution in [0.1, 0.15) is 83.4 Å². The molecule has 164 valence electrons. The van der Waals surface area contributed by atoms with Crippen molar-refractivity contribution in [1.29, 1.82) is 0 Å². The lowest BCUT2D eigenvalue weighted by atomic mass is 9.68. The Labute approximate surface area is 189 Å². The molecule has 1 atom stereocenters. The SMILES string of the molecule is Cc1ccc(C2CC(=O)Nc3n[nH]c(C4CC(c5cccc(CNC6CC6)c5)C4)c32)cc1. The second-order valence-corrected chi connectivity index (χ2v) is 9.88. The van der Waals surface area contributed by atoms with E-state index < -0.39 is 0 Å². The van der Waals surface area contributed by atoms with E-state index in [0.29, 0.717) is 18.3 Å². The Morgan fingerprint density at radius 3 is 2.62 bits per heavy atom. The Balaban J connectivity index is 1.20. The van der Waals surface area contributed by atoms with Crippen molar-refractivity contribution >= 4 is 11.7 Å². The van der Waals surface area contributed by atoms with Crippen LogP contribution in [0.4, 0.5) is 5.82 Å². The van der Waals surface area contributed by atoms with Crippen LogP contribution in [0, 0.1) is 6.92 Å². The maximum atomic E-state index is 12.3. The lowest BCUT2D eigenvalue weighted by Crippen LogP contribution is -2.26. The summed E-state index contributed by atoms with van der Waals surface area (Å²) in [7, 11) is 0. The lowest BCUT2D eigenvalue weighted by molar-refractivity contribution is -0.116. The van der Waals surface area contributed by atoms with E-state index in [1.807, 2.05) is 0 Å². The smallest absolute Gasteiger partial charge is 0.226 e. The zero-order chi connectivity index (χ0) is 21.7. The fourth-order valence-corrected chi connectivity index (χ4v) is 5.31. The molecule has 6 rings (SSSR count). The van der Waals surface area contributed by atoms with E-state index in [-0.39, 0.29) is 11.8 Å². The number of carbonyl (C=O) groups excluding carboxylic acids is 1. The van der Waals surface area contributed by atoms with Crippen molar-refractivity contribution in [2.75, 3.05) is 5.32 Å². The number of nitrogens with one attached hydrogen (secondary N) is 3. The van der Waals surface area contributed by atoms with Gasteiger partial charge in [-0.1, -0.05) is 54.1 Å². The van der Waals surface area contributed by atoms with Crippen LogP contribution in [0.15, 0.2) is 48.5 Å². The summed E-state index contributed by atoms with van der Waals surface area (Å²) < 4.78 is 0. The maximum Gasteiger partial charge on any atom is 0.226 e. The van der Waals surface area contributed by atoms with Gasteiger partial charge in [0.05, 0.1) is 0 Å². The average Bonchev–Trinajstić information content (AvgIpc) is 3.51. The van der Waals surface area contributed by atoms with Crippen molar-refractivity contribution in [2.24, 2.45) is 0 Å². The van der Waals surface area contributed by atoms with Crippen molar-refractivity contribution in [1.82, 2.24) is 15.5 Å². The number of aromatic amines is 1. The van der Waals surface area contributed by atoms with Crippen molar-refractivity contribution in [3.8, 4) is 0 Å². The van der Waals surface area contributed by atoms with Gasteiger partial charge in [-0.3, -0.25) is 9.89 Å². The largest absolute Gasteiger partial charge is 0.310 e. The van der Waals surface area contributed by atoms with Crippen LogP contribution < -0.4 is 10.6 Å². The van der Waals surface area contributed by atoms with Gasteiger partial charge in [0.1, 0.15) is 0 Å². The molecule has 1 amide bonds. The minimum atomic E-state index is 0.0456. The molecular formula is C27H30N4O. The predicted molar refractivity (Wildman–Crippen MR) is 126 cm³/mol. The van der Waals surface area contributed by atoms with Crippen LogP contribution in [0.25, 0.3) is 0 Å². The number of H-pyrrole nitrogens is 1. The molecule has 2 aliphatic carbocycles. The van der Waals surface area contributed by atoms with Crippen molar-refractivity contribution in [3.63, 3.8) is 0 Å². The van der Waals surface area contributed by atoms with Crippen molar-refractivity contribution in [2.45, 2.75) is 69.4 Å². The summed E-state index contributed by atoms with van der Waals surface area (Å²) in [5.41, 5.74) is 7.68. The highest BCUT2D eigenvalue weighted by molar-refractivity contribution is 5.94. The third-order valence-electron chi connectivity index (χ3n) is 7.45. The van der Waals surface area contributed by atoms with Gasteiger partial charge in [-0.2, -0.15) is 5.10 Å². The van der Waals surface area contributed by atoms with Crippen LogP contribution in [0.2, 0.25) is 0 Å². The lowest BCUT2D eigenvalue weighted by Gasteiger charge is -2.37. The second-order valence-electron chi connectivity index (χ2n) is 9.88. The summed E-state index contributed by atoms with van der Waals surface area (Å²) in [6.45, 7) is 3.07. The summed E-state index contributed by atoms with van der Waals surface area (Å²) >= 11 is 0. The number of nitrogens with zero attached hydrogens (tertiary/aromatic N) is 1. The van der Waals surface area contributed by atoms with E-state index in [1.165, 1.54) is 46.4 Å². The monoisotopic (exact) mass is 426 g/mol. The third kappa shape index (κ3) is 3.75. The maximum absolute atomic E-state index is 12.3. The van der Waals surface area contributed by atoms with Gasteiger partial charge in [0.15, 0.2) is 5.82 Å². The van der Waals surface area contributed by atoms with E-state index in [1.54, 1.807) is 0 Å². The molecule has 2 heterocycles. The Bertz CT molecular complexity index is 1140. The Kier molecular flexibility index (Phi) is 4.87. The first-order valence-electron chi connectivity index (χ1n) is 11.9. The van der Waals surface area contributed by atoms with E-state index in [4.69, 9.17) is 0 Å². The molecule has 1 aromatic heterocycles. The molecule has 5 nitrogen and oxygen atoms in total. The number of hydrogen-bond donors (Lipinski definition) is 3. The molecule has 1 unspecified atom stereocenters. The van der Waals surface area contributed by atoms with Gasteiger partial charge in [0, 0.05) is 42.1 Å². The minimum absolute atomic E-state index is 0.0456. The number of carbonyl (C=O) groups is 1. The summed E-state index contributed by atoms with van der Waals surface area (Å²) in [5, 5.41) is 14.4. The topological polar surface area (TPSA) is 69.8 Å². The van der Waals surface area contributed by atoms with Gasteiger partial charge in [0.25, 0.3) is 0 Å². The second kappa shape index (κ2) is 7.89. The Hall–Kier alpha value is -2.92. The first-order chi connectivity index (χ1) is 15.6. The fraction of sp³-hybridized carbons (Fsp3) is 0.407. The van der Waals surface area contributed by atoms with Crippen LogP contribution in [0.3, 0.4) is 0 Å². The van der Waals surface area contributed by atoms with Gasteiger partial charge in [-0.15, -0.1) is 0 Å². The molecule has 0 bridgehead atoms. The van der Waals surface area contributed by atoms with Gasteiger partial charge >= 0.3 is 0 Å². The standard InChI is InChI=1S/C27H30N4O/c1-16-5-7-18(8-6-16)23-14-24(32)29-27-25(23)26(30-31-27)21-12-20(13-21)19-4-2-3-17(11-19)15-28-22-9-10-22/h2-8,11,20-23,28H,9-10,12-15H2,1H3,(H2,29,30,31,32). The number of hydrogen-bond acceptors (Lipinski definition) is 3. The predicted octanol–water partition coefficient (Wildman–Crippen LogP) is 5.11. The van der Waals surface area contributed by atoms with Gasteiger partial charge in [0.2, 0.25) is 5.91 Å². The average molecular weight is 427 g/mol. The van der Waals surface area contributed by atoms with Crippen LogP contribution >= 0.6 is 0 Å². The number of aryl methyl sites for hydroxylation is 1. The molecule has 0 radical (unpaired) electrons. The molecular weight excluding hydrogens is 396 g/mol. The van der Waals surface area contributed by atoms with Crippen molar-refractivity contribution < 1.29 is 4.79 Å². The first kappa shape index (κ1) is 19.7. The highest BCUT2D eigenvalue weighted by Crippen LogP contribution is 2.51. The van der Waals surface area contributed by atoms with Crippen LogP contribution in [0.5, 0.6) is 0 Å². The molecule has 2 saturated carbocycles. The first-order valence-corrected chi connectivity index (χ1v) is 11.9. The highest BCUT2D eigenvalue weighted by Gasteiger charge is 2.39. The van der Waals surface area contributed by atoms with Crippen LogP contribution in [-0.2, 0) is 11.3 Å². The molecule has 2 fully saturated rings. The third-order valence-corrected chi connectivity index (χ3v) is 7.45. The quantitative estimate of drug-likeness (QED) is 0.513. The molecule has 0 saturated heterocycles. The molecule has 2 aromatic carbocycles. The normalized spacial score (nSPS) is 24.5. The minimum Gasteiger partial charge on any atom is -0.310 e. The molecule has 5 heteroatoms. The molecule has 32 heavy (non-hydrogen) atoms. The molecule has 0 spiro atoms. The summed E-state index contributed by atoms with van der Waals surface area (Å²) in [5.74, 6) is 1.90. The number of anilines is 1. The summed E-state index contributed by atoms with van der Waals surface area (Å²) in [4.78, 5) is 12.3. The number of fused-ring (bicyclic) bond motifs is 1. The van der Waals surface area contributed by atoms with Crippen molar-refractivity contribution in [3.05, 3.63) is 82.0 Å². The Morgan fingerprint density at radius 2 is 1.84 bits per heavy atom. The molecule has 3 aromatic rings. The molecule has 1 aliphatic heterocycles.